The average molecular weight is 131 g/mol. The van der Waals surface area contributed by atoms with Gasteiger partial charge in [-0.2, -0.15) is 0 Å². The SMILES string of the molecule is CC(C)C1(F)CN(C)C1. The molecule has 0 atom stereocenters. The number of halogens is 1. The molecule has 2 heteroatoms. The summed E-state index contributed by atoms with van der Waals surface area (Å²) in [4.78, 5) is 2.00. The molecule has 0 amide bonds. The number of likely N-dealkylation sites (tertiary alicyclic amines) is 1. The summed E-state index contributed by atoms with van der Waals surface area (Å²) in [6.45, 7) is 5.11. The van der Waals surface area contributed by atoms with E-state index in [0.717, 1.165) is 0 Å². The van der Waals surface area contributed by atoms with E-state index in [4.69, 9.17) is 0 Å². The Morgan fingerprint density at radius 3 is 2.00 bits per heavy atom. The van der Waals surface area contributed by atoms with Crippen LogP contribution in [-0.2, 0) is 0 Å². The first kappa shape index (κ1) is 7.00. The van der Waals surface area contributed by atoms with Crippen molar-refractivity contribution >= 4 is 0 Å². The van der Waals surface area contributed by atoms with Gasteiger partial charge < -0.3 is 0 Å². The molecule has 0 aromatic carbocycles. The maximum Gasteiger partial charge on any atom is 0.138 e. The summed E-state index contributed by atoms with van der Waals surface area (Å²) in [6.07, 6.45) is 0. The highest BCUT2D eigenvalue weighted by Crippen LogP contribution is 2.31. The van der Waals surface area contributed by atoms with Crippen LogP contribution in [0.15, 0.2) is 0 Å². The molecule has 54 valence electrons. The molecule has 1 fully saturated rings. The second-order valence-corrected chi connectivity index (χ2v) is 3.36. The van der Waals surface area contributed by atoms with Gasteiger partial charge in [0.15, 0.2) is 0 Å². The quantitative estimate of drug-likeness (QED) is 0.518. The Bertz CT molecular complexity index is 105. The average Bonchev–Trinajstić information content (AvgIpc) is 1.62. The van der Waals surface area contributed by atoms with Crippen molar-refractivity contribution in [3.63, 3.8) is 0 Å². The van der Waals surface area contributed by atoms with Crippen LogP contribution < -0.4 is 0 Å². The summed E-state index contributed by atoms with van der Waals surface area (Å²) in [7, 11) is 1.94. The minimum absolute atomic E-state index is 0.175. The van der Waals surface area contributed by atoms with E-state index < -0.39 is 5.67 Å². The minimum atomic E-state index is -0.880. The summed E-state index contributed by atoms with van der Waals surface area (Å²) < 4.78 is 13.2. The van der Waals surface area contributed by atoms with Crippen molar-refractivity contribution < 1.29 is 4.39 Å². The summed E-state index contributed by atoms with van der Waals surface area (Å²) in [5.74, 6) is 0.175. The standard InChI is InChI=1S/C7H14FN/c1-6(2)7(8)4-9(3)5-7/h6H,4-5H2,1-3H3. The topological polar surface area (TPSA) is 3.24 Å². The van der Waals surface area contributed by atoms with E-state index >= 15 is 0 Å². The predicted molar refractivity (Wildman–Crippen MR) is 36.2 cm³/mol. The van der Waals surface area contributed by atoms with Gasteiger partial charge in [-0.3, -0.25) is 4.90 Å². The van der Waals surface area contributed by atoms with Crippen LogP contribution in [0.3, 0.4) is 0 Å². The lowest BCUT2D eigenvalue weighted by Crippen LogP contribution is -2.59. The molecule has 0 bridgehead atoms. The van der Waals surface area contributed by atoms with Crippen molar-refractivity contribution in [3.8, 4) is 0 Å². The zero-order chi connectivity index (χ0) is 7.07. The molecule has 0 aliphatic carbocycles. The fourth-order valence-electron chi connectivity index (χ4n) is 1.22. The van der Waals surface area contributed by atoms with Gasteiger partial charge in [-0.1, -0.05) is 13.8 Å². The van der Waals surface area contributed by atoms with Crippen LogP contribution in [0.4, 0.5) is 4.39 Å². The van der Waals surface area contributed by atoms with Crippen LogP contribution in [0.5, 0.6) is 0 Å². The largest absolute Gasteiger partial charge is 0.300 e. The molecule has 0 radical (unpaired) electrons. The van der Waals surface area contributed by atoms with Gasteiger partial charge in [0.25, 0.3) is 0 Å². The van der Waals surface area contributed by atoms with Crippen LogP contribution >= 0.6 is 0 Å². The summed E-state index contributed by atoms with van der Waals surface area (Å²) in [5, 5.41) is 0. The van der Waals surface area contributed by atoms with Crippen molar-refractivity contribution in [2.75, 3.05) is 20.1 Å². The second kappa shape index (κ2) is 1.94. The Labute approximate surface area is 55.8 Å². The number of hydrogen-bond donors (Lipinski definition) is 0. The van der Waals surface area contributed by atoms with E-state index in [9.17, 15) is 4.39 Å². The summed E-state index contributed by atoms with van der Waals surface area (Å²) in [5.41, 5.74) is -0.880. The van der Waals surface area contributed by atoms with E-state index in [0.29, 0.717) is 13.1 Å². The fraction of sp³-hybridized carbons (Fsp3) is 1.00. The molecule has 1 saturated heterocycles. The Hall–Kier alpha value is -0.110. The highest BCUT2D eigenvalue weighted by molar-refractivity contribution is 4.96. The second-order valence-electron chi connectivity index (χ2n) is 3.36. The molecule has 1 aliphatic heterocycles. The lowest BCUT2D eigenvalue weighted by molar-refractivity contribution is -0.0502. The molecule has 0 aromatic heterocycles. The third-order valence-corrected chi connectivity index (χ3v) is 2.10. The van der Waals surface area contributed by atoms with Crippen LogP contribution in [0, 0.1) is 5.92 Å². The van der Waals surface area contributed by atoms with Gasteiger partial charge in [0, 0.05) is 13.1 Å². The Morgan fingerprint density at radius 1 is 1.44 bits per heavy atom. The Morgan fingerprint density at radius 2 is 1.89 bits per heavy atom. The number of nitrogens with zero attached hydrogens (tertiary/aromatic N) is 1. The lowest BCUT2D eigenvalue weighted by atomic mass is 9.85. The normalized spacial score (nSPS) is 26.3. The smallest absolute Gasteiger partial charge is 0.138 e. The number of alkyl halides is 1. The Balaban J connectivity index is 2.40. The van der Waals surface area contributed by atoms with Gasteiger partial charge in [-0.05, 0) is 13.0 Å². The Kier molecular flexibility index (Phi) is 1.51. The molecule has 1 nitrogen and oxygen atoms in total. The summed E-state index contributed by atoms with van der Waals surface area (Å²) >= 11 is 0. The summed E-state index contributed by atoms with van der Waals surface area (Å²) in [6, 6.07) is 0. The van der Waals surface area contributed by atoms with Crippen LogP contribution in [0.2, 0.25) is 0 Å². The maximum absolute atomic E-state index is 13.2. The van der Waals surface area contributed by atoms with Crippen molar-refractivity contribution in [3.05, 3.63) is 0 Å². The monoisotopic (exact) mass is 131 g/mol. The first-order valence-electron chi connectivity index (χ1n) is 3.42. The third kappa shape index (κ3) is 1.08. The number of rotatable bonds is 1. The van der Waals surface area contributed by atoms with Crippen molar-refractivity contribution in [1.29, 1.82) is 0 Å². The highest BCUT2D eigenvalue weighted by atomic mass is 19.1. The molecule has 0 saturated carbocycles. The van der Waals surface area contributed by atoms with Gasteiger partial charge in [0.05, 0.1) is 0 Å². The molecule has 9 heavy (non-hydrogen) atoms. The number of hydrogen-bond acceptors (Lipinski definition) is 1. The van der Waals surface area contributed by atoms with Gasteiger partial charge in [0.2, 0.25) is 0 Å². The molecule has 1 heterocycles. The van der Waals surface area contributed by atoms with Crippen molar-refractivity contribution in [2.45, 2.75) is 19.5 Å². The first-order valence-corrected chi connectivity index (χ1v) is 3.42. The van der Waals surface area contributed by atoms with Gasteiger partial charge in [0.1, 0.15) is 5.67 Å². The zero-order valence-electron chi connectivity index (χ0n) is 6.32. The molecule has 0 aromatic rings. The maximum atomic E-state index is 13.2. The van der Waals surface area contributed by atoms with Gasteiger partial charge >= 0.3 is 0 Å². The zero-order valence-corrected chi connectivity index (χ0v) is 6.32. The van der Waals surface area contributed by atoms with E-state index in [2.05, 4.69) is 0 Å². The fourth-order valence-corrected chi connectivity index (χ4v) is 1.22. The van der Waals surface area contributed by atoms with E-state index in [-0.39, 0.29) is 5.92 Å². The lowest BCUT2D eigenvalue weighted by Gasteiger charge is -2.45. The van der Waals surface area contributed by atoms with Crippen LogP contribution in [-0.4, -0.2) is 30.7 Å². The first-order chi connectivity index (χ1) is 4.04. The van der Waals surface area contributed by atoms with Crippen molar-refractivity contribution in [2.24, 2.45) is 5.92 Å². The van der Waals surface area contributed by atoms with E-state index in [1.807, 2.05) is 25.8 Å². The minimum Gasteiger partial charge on any atom is -0.300 e. The van der Waals surface area contributed by atoms with Gasteiger partial charge in [-0.15, -0.1) is 0 Å². The third-order valence-electron chi connectivity index (χ3n) is 2.10. The molecule has 0 unspecified atom stereocenters. The van der Waals surface area contributed by atoms with E-state index in [1.165, 1.54) is 0 Å². The molecule has 0 N–H and O–H groups in total. The molecule has 0 spiro atoms. The molecular weight excluding hydrogens is 117 g/mol. The van der Waals surface area contributed by atoms with Gasteiger partial charge in [-0.25, -0.2) is 4.39 Å². The van der Waals surface area contributed by atoms with Crippen LogP contribution in [0.25, 0.3) is 0 Å². The highest BCUT2D eigenvalue weighted by Gasteiger charge is 2.43. The van der Waals surface area contributed by atoms with E-state index in [1.54, 1.807) is 0 Å². The molecular formula is C7H14FN. The van der Waals surface area contributed by atoms with Crippen molar-refractivity contribution in [1.82, 2.24) is 4.90 Å². The van der Waals surface area contributed by atoms with Crippen LogP contribution in [0.1, 0.15) is 13.8 Å². The predicted octanol–water partition coefficient (Wildman–Crippen LogP) is 1.30. The molecule has 1 aliphatic rings. The molecule has 1 rings (SSSR count).